The van der Waals surface area contributed by atoms with Crippen LogP contribution < -0.4 is 0 Å². The minimum absolute atomic E-state index is 0.0653. The number of hydrogen-bond donors (Lipinski definition) is 1. The molecule has 0 radical (unpaired) electrons. The lowest BCUT2D eigenvalue weighted by molar-refractivity contribution is -0.384. The Morgan fingerprint density at radius 2 is 1.81 bits per heavy atom. The summed E-state index contributed by atoms with van der Waals surface area (Å²) in [6.07, 6.45) is -1.11. The van der Waals surface area contributed by atoms with Crippen LogP contribution >= 0.6 is 0 Å². The predicted molar refractivity (Wildman–Crippen MR) is 97.2 cm³/mol. The molecule has 2 aromatic rings. The van der Waals surface area contributed by atoms with Gasteiger partial charge in [0.2, 0.25) is 0 Å². The van der Waals surface area contributed by atoms with Gasteiger partial charge in [-0.15, -0.1) is 5.73 Å². The minimum atomic E-state index is -1.11. The standard InChI is InChI=1S/C20H19NO5/c1-3-26-20(23)14(2)13-18(15-7-5-4-6-8-15)19(22)16-9-11-17(12-10-16)21(24)25/h4-12,19,22H,3H2,1-2H3. The zero-order valence-electron chi connectivity index (χ0n) is 14.5. The molecule has 2 rings (SSSR count). The molecule has 134 valence electrons. The van der Waals surface area contributed by atoms with Gasteiger partial charge < -0.3 is 9.84 Å². The van der Waals surface area contributed by atoms with Crippen LogP contribution in [0.2, 0.25) is 0 Å². The Morgan fingerprint density at radius 3 is 2.35 bits per heavy atom. The number of carbonyl (C=O) groups excluding carboxylic acids is 1. The number of non-ortho nitro benzene ring substituents is 1. The molecule has 2 aromatic carbocycles. The molecule has 0 bridgehead atoms. The van der Waals surface area contributed by atoms with E-state index >= 15 is 0 Å². The summed E-state index contributed by atoms with van der Waals surface area (Å²) in [5.74, 6) is -0.517. The highest BCUT2D eigenvalue weighted by Gasteiger charge is 2.17. The molecule has 26 heavy (non-hydrogen) atoms. The van der Waals surface area contributed by atoms with Crippen LogP contribution in [0, 0.1) is 10.1 Å². The number of aliphatic hydroxyl groups excluding tert-OH is 1. The fraction of sp³-hybridized carbons (Fsp3) is 0.200. The Morgan fingerprint density at radius 1 is 1.19 bits per heavy atom. The van der Waals surface area contributed by atoms with E-state index in [1.165, 1.54) is 24.3 Å². The summed E-state index contributed by atoms with van der Waals surface area (Å²) in [6.45, 7) is 3.51. The Kier molecular flexibility index (Phi) is 6.44. The van der Waals surface area contributed by atoms with Crippen LogP contribution in [0.25, 0.3) is 5.57 Å². The molecule has 0 aliphatic carbocycles. The molecular formula is C20H19NO5. The van der Waals surface area contributed by atoms with Crippen molar-refractivity contribution in [3.63, 3.8) is 0 Å². The lowest BCUT2D eigenvalue weighted by Gasteiger charge is -2.14. The molecule has 0 heterocycles. The van der Waals surface area contributed by atoms with Gasteiger partial charge in [0.15, 0.2) is 0 Å². The maximum atomic E-state index is 11.9. The van der Waals surface area contributed by atoms with Crippen LogP contribution in [-0.4, -0.2) is 22.6 Å². The number of hydrogen-bond acceptors (Lipinski definition) is 5. The smallest absolute Gasteiger partial charge is 0.341 e. The third-order valence-corrected chi connectivity index (χ3v) is 3.68. The maximum absolute atomic E-state index is 11.9. The number of carbonyl (C=O) groups is 1. The second-order valence-electron chi connectivity index (χ2n) is 5.50. The van der Waals surface area contributed by atoms with Crippen molar-refractivity contribution in [3.8, 4) is 0 Å². The second kappa shape index (κ2) is 8.76. The largest absolute Gasteiger partial charge is 0.462 e. The highest BCUT2D eigenvalue weighted by Crippen LogP contribution is 2.30. The molecule has 0 fully saturated rings. The number of nitrogens with zero attached hydrogens (tertiary/aromatic N) is 1. The van der Waals surface area contributed by atoms with E-state index in [-0.39, 0.29) is 17.9 Å². The molecule has 0 aromatic heterocycles. The number of rotatable bonds is 6. The molecule has 0 aliphatic heterocycles. The summed E-state index contributed by atoms with van der Waals surface area (Å²) in [5, 5.41) is 21.6. The molecule has 0 aliphatic rings. The lowest BCUT2D eigenvalue weighted by Crippen LogP contribution is -2.06. The Balaban J connectivity index is 2.52. The van der Waals surface area contributed by atoms with Crippen LogP contribution in [0.3, 0.4) is 0 Å². The Labute approximate surface area is 151 Å². The van der Waals surface area contributed by atoms with Gasteiger partial charge in [-0.3, -0.25) is 10.1 Å². The molecule has 0 spiro atoms. The van der Waals surface area contributed by atoms with E-state index in [9.17, 15) is 20.0 Å². The van der Waals surface area contributed by atoms with Crippen molar-refractivity contribution < 1.29 is 19.6 Å². The molecule has 0 amide bonds. The topological polar surface area (TPSA) is 89.7 Å². The third kappa shape index (κ3) is 4.66. The molecule has 0 saturated heterocycles. The van der Waals surface area contributed by atoms with Gasteiger partial charge in [-0.25, -0.2) is 4.79 Å². The van der Waals surface area contributed by atoms with E-state index in [2.05, 4.69) is 5.73 Å². The monoisotopic (exact) mass is 353 g/mol. The molecule has 1 N–H and O–H groups in total. The van der Waals surface area contributed by atoms with Gasteiger partial charge in [-0.2, -0.15) is 0 Å². The van der Waals surface area contributed by atoms with Crippen LogP contribution in [0.1, 0.15) is 31.1 Å². The summed E-state index contributed by atoms with van der Waals surface area (Å²) >= 11 is 0. The molecule has 6 heteroatoms. The van der Waals surface area contributed by atoms with Gasteiger partial charge in [-0.05, 0) is 37.1 Å². The van der Waals surface area contributed by atoms with Crippen LogP contribution in [-0.2, 0) is 9.53 Å². The summed E-state index contributed by atoms with van der Waals surface area (Å²) in [5.41, 5.74) is 4.61. The van der Waals surface area contributed by atoms with Crippen molar-refractivity contribution in [3.05, 3.63) is 87.1 Å². The fourth-order valence-corrected chi connectivity index (χ4v) is 2.35. The van der Waals surface area contributed by atoms with Crippen molar-refractivity contribution in [1.82, 2.24) is 0 Å². The number of aliphatic hydroxyl groups is 1. The van der Waals surface area contributed by atoms with Gasteiger partial charge >= 0.3 is 5.97 Å². The molecular weight excluding hydrogens is 334 g/mol. The van der Waals surface area contributed by atoms with Crippen molar-refractivity contribution >= 4 is 17.2 Å². The van der Waals surface area contributed by atoms with E-state index in [1.54, 1.807) is 38.1 Å². The summed E-state index contributed by atoms with van der Waals surface area (Å²) in [6, 6.07) is 14.6. The highest BCUT2D eigenvalue weighted by molar-refractivity contribution is 5.89. The number of esters is 1. The minimum Gasteiger partial charge on any atom is -0.462 e. The normalized spacial score (nSPS) is 11.2. The predicted octanol–water partition coefficient (Wildman–Crippen LogP) is 3.82. The molecule has 1 atom stereocenters. The van der Waals surface area contributed by atoms with Gasteiger partial charge in [0.25, 0.3) is 5.69 Å². The Bertz CT molecular complexity index is 850. The first-order valence-corrected chi connectivity index (χ1v) is 8.06. The third-order valence-electron chi connectivity index (χ3n) is 3.68. The van der Waals surface area contributed by atoms with Crippen LogP contribution in [0.5, 0.6) is 0 Å². The average molecular weight is 353 g/mol. The van der Waals surface area contributed by atoms with Crippen molar-refractivity contribution in [2.45, 2.75) is 20.0 Å². The molecule has 1 unspecified atom stereocenters. The van der Waals surface area contributed by atoms with E-state index in [1.807, 2.05) is 6.07 Å². The first kappa shape index (κ1) is 19.1. The second-order valence-corrected chi connectivity index (χ2v) is 5.50. The first-order chi connectivity index (χ1) is 12.4. The first-order valence-electron chi connectivity index (χ1n) is 8.06. The summed E-state index contributed by atoms with van der Waals surface area (Å²) in [7, 11) is 0. The number of benzene rings is 2. The van der Waals surface area contributed by atoms with Crippen LogP contribution in [0.4, 0.5) is 5.69 Å². The van der Waals surface area contributed by atoms with Crippen molar-refractivity contribution in [1.29, 1.82) is 0 Å². The molecule has 6 nitrogen and oxygen atoms in total. The maximum Gasteiger partial charge on any atom is 0.341 e. The van der Waals surface area contributed by atoms with E-state index in [4.69, 9.17) is 4.74 Å². The Hall–Kier alpha value is -3.21. The van der Waals surface area contributed by atoms with E-state index in [0.29, 0.717) is 16.7 Å². The summed E-state index contributed by atoms with van der Waals surface area (Å²) in [4.78, 5) is 22.2. The summed E-state index contributed by atoms with van der Waals surface area (Å²) < 4.78 is 4.96. The van der Waals surface area contributed by atoms with Gasteiger partial charge in [-0.1, -0.05) is 30.3 Å². The number of ether oxygens (including phenoxy) is 1. The number of nitro groups is 1. The SMILES string of the molecule is CCOC(=O)C(C)=C=C(c1ccccc1)C(O)c1ccc([N+](=O)[O-])cc1. The zero-order valence-corrected chi connectivity index (χ0v) is 14.5. The zero-order chi connectivity index (χ0) is 19.1. The van der Waals surface area contributed by atoms with Gasteiger partial charge in [0, 0.05) is 17.7 Å². The van der Waals surface area contributed by atoms with Gasteiger partial charge in [0.1, 0.15) is 6.10 Å². The van der Waals surface area contributed by atoms with E-state index < -0.39 is 17.0 Å². The van der Waals surface area contributed by atoms with Crippen molar-refractivity contribution in [2.75, 3.05) is 6.61 Å². The van der Waals surface area contributed by atoms with Crippen LogP contribution in [0.15, 0.2) is 65.9 Å². The number of nitro benzene ring substituents is 1. The van der Waals surface area contributed by atoms with E-state index in [0.717, 1.165) is 0 Å². The fourth-order valence-electron chi connectivity index (χ4n) is 2.35. The molecule has 0 saturated carbocycles. The van der Waals surface area contributed by atoms with Gasteiger partial charge in [0.05, 0.1) is 17.1 Å². The quantitative estimate of drug-likeness (QED) is 0.280. The highest BCUT2D eigenvalue weighted by atomic mass is 16.6. The van der Waals surface area contributed by atoms with Crippen molar-refractivity contribution in [2.24, 2.45) is 0 Å². The average Bonchev–Trinajstić information content (AvgIpc) is 2.66. The lowest BCUT2D eigenvalue weighted by atomic mass is 9.95.